The lowest BCUT2D eigenvalue weighted by atomic mass is 10.2. The summed E-state index contributed by atoms with van der Waals surface area (Å²) >= 11 is 5.64. The summed E-state index contributed by atoms with van der Waals surface area (Å²) in [6, 6.07) is 14.4. The topological polar surface area (TPSA) is 57.4 Å². The Balaban J connectivity index is 1.49. The summed E-state index contributed by atoms with van der Waals surface area (Å²) in [5, 5.41) is 0. The Hall–Kier alpha value is -3.26. The molecule has 0 saturated heterocycles. The van der Waals surface area contributed by atoms with Crippen molar-refractivity contribution in [3.05, 3.63) is 66.5 Å². The SMILES string of the molecule is FC(F)(F)c1ccc(Oc2ccc3nc(-c4ccc(OCCCCl)cc4)oc3c2)cn1. The Bertz CT molecular complexity index is 1160. The van der Waals surface area contributed by atoms with Crippen LogP contribution in [0.5, 0.6) is 17.2 Å². The molecule has 9 heteroatoms. The molecule has 0 aliphatic rings. The molecular formula is C22H16ClF3N2O3. The molecule has 0 atom stereocenters. The molecule has 0 spiro atoms. The zero-order valence-corrected chi connectivity index (χ0v) is 16.8. The van der Waals surface area contributed by atoms with E-state index < -0.39 is 11.9 Å². The predicted octanol–water partition coefficient (Wildman–Crippen LogP) is 6.71. The van der Waals surface area contributed by atoms with Crippen LogP contribution in [0, 0.1) is 0 Å². The Kier molecular flexibility index (Phi) is 5.99. The molecule has 0 aliphatic heterocycles. The van der Waals surface area contributed by atoms with Crippen molar-refractivity contribution in [2.24, 2.45) is 0 Å². The highest BCUT2D eigenvalue weighted by Gasteiger charge is 2.32. The first kappa shape index (κ1) is 21.0. The molecule has 2 heterocycles. The van der Waals surface area contributed by atoms with Crippen molar-refractivity contribution in [3.8, 4) is 28.7 Å². The highest BCUT2D eigenvalue weighted by Crippen LogP contribution is 2.32. The second-order valence-corrected chi connectivity index (χ2v) is 6.92. The third-order valence-electron chi connectivity index (χ3n) is 4.27. The number of halogens is 4. The molecule has 2 aromatic carbocycles. The van der Waals surface area contributed by atoms with Crippen LogP contribution in [-0.2, 0) is 6.18 Å². The molecule has 0 unspecified atom stereocenters. The fourth-order valence-corrected chi connectivity index (χ4v) is 2.88. The van der Waals surface area contributed by atoms with Crippen LogP contribution in [-0.4, -0.2) is 22.5 Å². The van der Waals surface area contributed by atoms with Crippen LogP contribution in [0.4, 0.5) is 13.2 Å². The number of hydrogen-bond acceptors (Lipinski definition) is 5. The molecule has 0 aliphatic carbocycles. The maximum Gasteiger partial charge on any atom is 0.433 e. The Morgan fingerprint density at radius 2 is 1.68 bits per heavy atom. The summed E-state index contributed by atoms with van der Waals surface area (Å²) in [6.45, 7) is 0.545. The van der Waals surface area contributed by atoms with Crippen LogP contribution >= 0.6 is 11.6 Å². The second kappa shape index (κ2) is 8.85. The fourth-order valence-electron chi connectivity index (χ4n) is 2.77. The zero-order chi connectivity index (χ0) is 21.8. The van der Waals surface area contributed by atoms with Crippen molar-refractivity contribution >= 4 is 22.7 Å². The minimum atomic E-state index is -4.50. The van der Waals surface area contributed by atoms with Crippen LogP contribution in [0.2, 0.25) is 0 Å². The number of oxazole rings is 1. The Morgan fingerprint density at radius 1 is 0.935 bits per heavy atom. The highest BCUT2D eigenvalue weighted by atomic mass is 35.5. The van der Waals surface area contributed by atoms with E-state index in [1.54, 1.807) is 18.2 Å². The largest absolute Gasteiger partial charge is 0.494 e. The normalized spacial score (nSPS) is 11.6. The molecule has 31 heavy (non-hydrogen) atoms. The van der Waals surface area contributed by atoms with Gasteiger partial charge in [0.2, 0.25) is 5.89 Å². The van der Waals surface area contributed by atoms with Gasteiger partial charge in [-0.15, -0.1) is 11.6 Å². The van der Waals surface area contributed by atoms with Crippen LogP contribution in [0.1, 0.15) is 12.1 Å². The van der Waals surface area contributed by atoms with Gasteiger partial charge in [-0.3, -0.25) is 0 Å². The van der Waals surface area contributed by atoms with Crippen molar-refractivity contribution in [2.75, 3.05) is 12.5 Å². The lowest BCUT2D eigenvalue weighted by Gasteiger charge is -2.07. The molecule has 4 aromatic rings. The first-order valence-electron chi connectivity index (χ1n) is 9.33. The van der Waals surface area contributed by atoms with E-state index in [2.05, 4.69) is 9.97 Å². The summed E-state index contributed by atoms with van der Waals surface area (Å²) in [4.78, 5) is 7.84. The van der Waals surface area contributed by atoms with Crippen LogP contribution in [0.3, 0.4) is 0 Å². The average molecular weight is 449 g/mol. The molecule has 5 nitrogen and oxygen atoms in total. The number of hydrogen-bond donors (Lipinski definition) is 0. The first-order valence-corrected chi connectivity index (χ1v) is 9.87. The number of alkyl halides is 4. The number of aromatic nitrogens is 2. The molecule has 0 saturated carbocycles. The first-order chi connectivity index (χ1) is 14.9. The number of ether oxygens (including phenoxy) is 2. The van der Waals surface area contributed by atoms with E-state index in [4.69, 9.17) is 25.5 Å². The number of fused-ring (bicyclic) bond motifs is 1. The zero-order valence-electron chi connectivity index (χ0n) is 16.0. The molecule has 2 aromatic heterocycles. The van der Waals surface area contributed by atoms with Gasteiger partial charge in [-0.05, 0) is 55.0 Å². The lowest BCUT2D eigenvalue weighted by Crippen LogP contribution is -2.07. The van der Waals surface area contributed by atoms with Gasteiger partial charge in [0.05, 0.1) is 12.8 Å². The molecule has 0 bridgehead atoms. The molecular weight excluding hydrogens is 433 g/mol. The fraction of sp³-hybridized carbons (Fsp3) is 0.182. The van der Waals surface area contributed by atoms with E-state index in [9.17, 15) is 13.2 Å². The Morgan fingerprint density at radius 3 is 2.35 bits per heavy atom. The maximum absolute atomic E-state index is 12.6. The molecule has 0 radical (unpaired) electrons. The summed E-state index contributed by atoms with van der Waals surface area (Å²) in [6.07, 6.45) is -2.71. The second-order valence-electron chi connectivity index (χ2n) is 6.54. The van der Waals surface area contributed by atoms with E-state index in [0.29, 0.717) is 35.2 Å². The van der Waals surface area contributed by atoms with Crippen molar-refractivity contribution in [3.63, 3.8) is 0 Å². The van der Waals surface area contributed by atoms with E-state index in [-0.39, 0.29) is 5.75 Å². The van der Waals surface area contributed by atoms with Gasteiger partial charge in [-0.2, -0.15) is 13.2 Å². The van der Waals surface area contributed by atoms with Gasteiger partial charge in [0, 0.05) is 17.5 Å². The molecule has 4 rings (SSSR count). The van der Waals surface area contributed by atoms with Crippen LogP contribution < -0.4 is 9.47 Å². The Labute approximate surface area is 180 Å². The van der Waals surface area contributed by atoms with Crippen molar-refractivity contribution < 1.29 is 27.1 Å². The van der Waals surface area contributed by atoms with Crippen LogP contribution in [0.25, 0.3) is 22.6 Å². The highest BCUT2D eigenvalue weighted by molar-refractivity contribution is 6.17. The van der Waals surface area contributed by atoms with E-state index >= 15 is 0 Å². The molecule has 0 N–H and O–H groups in total. The molecule has 0 fully saturated rings. The van der Waals surface area contributed by atoms with Gasteiger partial charge < -0.3 is 13.9 Å². The predicted molar refractivity (Wildman–Crippen MR) is 110 cm³/mol. The number of rotatable bonds is 7. The quantitative estimate of drug-likeness (QED) is 0.232. The average Bonchev–Trinajstić information content (AvgIpc) is 3.18. The van der Waals surface area contributed by atoms with Crippen molar-refractivity contribution in [2.45, 2.75) is 12.6 Å². The van der Waals surface area contributed by atoms with Gasteiger partial charge >= 0.3 is 6.18 Å². The van der Waals surface area contributed by atoms with Gasteiger partial charge in [0.15, 0.2) is 5.58 Å². The lowest BCUT2D eigenvalue weighted by molar-refractivity contribution is -0.141. The molecule has 0 amide bonds. The maximum atomic E-state index is 12.6. The minimum Gasteiger partial charge on any atom is -0.494 e. The van der Waals surface area contributed by atoms with Gasteiger partial charge in [0.25, 0.3) is 0 Å². The molecule has 160 valence electrons. The monoisotopic (exact) mass is 448 g/mol. The smallest absolute Gasteiger partial charge is 0.433 e. The van der Waals surface area contributed by atoms with Gasteiger partial charge in [-0.1, -0.05) is 0 Å². The minimum absolute atomic E-state index is 0.178. The standard InChI is InChI=1S/C22H16ClF3N2O3/c23-10-1-11-29-15-4-2-14(3-5-15)21-28-18-8-6-16(12-19(18)31-21)30-17-7-9-20(27-13-17)22(24,25)26/h2-9,12-13H,1,10-11H2. The summed E-state index contributed by atoms with van der Waals surface area (Å²) in [7, 11) is 0. The number of pyridine rings is 1. The van der Waals surface area contributed by atoms with E-state index in [1.165, 1.54) is 6.07 Å². The number of benzene rings is 2. The van der Waals surface area contributed by atoms with Crippen LogP contribution in [0.15, 0.2) is 65.2 Å². The van der Waals surface area contributed by atoms with E-state index in [1.807, 2.05) is 24.3 Å². The van der Waals surface area contributed by atoms with Crippen molar-refractivity contribution in [1.82, 2.24) is 9.97 Å². The number of nitrogens with zero attached hydrogens (tertiary/aromatic N) is 2. The third kappa shape index (κ3) is 5.08. The van der Waals surface area contributed by atoms with Crippen molar-refractivity contribution in [1.29, 1.82) is 0 Å². The van der Waals surface area contributed by atoms with Gasteiger partial charge in [-0.25, -0.2) is 9.97 Å². The van der Waals surface area contributed by atoms with E-state index in [0.717, 1.165) is 30.0 Å². The third-order valence-corrected chi connectivity index (χ3v) is 4.54. The van der Waals surface area contributed by atoms with Gasteiger partial charge in [0.1, 0.15) is 28.5 Å². The summed E-state index contributed by atoms with van der Waals surface area (Å²) in [5.41, 5.74) is 0.895. The summed E-state index contributed by atoms with van der Waals surface area (Å²) < 4.78 is 54.8. The summed E-state index contributed by atoms with van der Waals surface area (Å²) in [5.74, 6) is 2.26.